The van der Waals surface area contributed by atoms with Gasteiger partial charge in [0, 0.05) is 40.7 Å². The van der Waals surface area contributed by atoms with Crippen molar-refractivity contribution < 1.29 is 9.59 Å². The second-order valence-electron chi connectivity index (χ2n) is 7.99. The van der Waals surface area contributed by atoms with Crippen molar-refractivity contribution >= 4 is 28.4 Å². The Balaban J connectivity index is 1.41. The zero-order valence-electron chi connectivity index (χ0n) is 17.8. The number of amides is 2. The molecule has 4 aromatic rings. The van der Waals surface area contributed by atoms with Crippen LogP contribution in [0.15, 0.2) is 78.9 Å². The number of hydrazine groups is 1. The van der Waals surface area contributed by atoms with Gasteiger partial charge in [0.1, 0.15) is 0 Å². The summed E-state index contributed by atoms with van der Waals surface area (Å²) in [6, 6.07) is 25.1. The molecular weight excluding hydrogens is 400 g/mol. The minimum absolute atomic E-state index is 0.0425. The molecule has 5 rings (SSSR count). The molecule has 0 saturated heterocycles. The number of benzene rings is 3. The van der Waals surface area contributed by atoms with Gasteiger partial charge in [0.25, 0.3) is 5.91 Å². The van der Waals surface area contributed by atoms with Crippen LogP contribution in [0.2, 0.25) is 0 Å². The summed E-state index contributed by atoms with van der Waals surface area (Å²) in [5.41, 5.74) is 11.3. The normalized spacial score (nSPS) is 15.1. The molecule has 160 valence electrons. The van der Waals surface area contributed by atoms with E-state index in [2.05, 4.69) is 21.9 Å². The maximum absolute atomic E-state index is 13.3. The molecule has 0 fully saturated rings. The van der Waals surface area contributed by atoms with E-state index >= 15 is 0 Å². The zero-order valence-corrected chi connectivity index (χ0v) is 17.8. The fourth-order valence-corrected chi connectivity index (χ4v) is 4.51. The highest BCUT2D eigenvalue weighted by molar-refractivity contribution is 6.01. The van der Waals surface area contributed by atoms with E-state index in [1.807, 2.05) is 84.6 Å². The average Bonchev–Trinajstić information content (AvgIpc) is 3.29. The molecule has 32 heavy (non-hydrogen) atoms. The second-order valence-corrected chi connectivity index (χ2v) is 7.99. The van der Waals surface area contributed by atoms with E-state index in [4.69, 9.17) is 0 Å². The van der Waals surface area contributed by atoms with Crippen molar-refractivity contribution in [3.05, 3.63) is 101 Å². The van der Waals surface area contributed by atoms with Gasteiger partial charge in [-0.25, -0.2) is 0 Å². The van der Waals surface area contributed by atoms with Crippen LogP contribution < -0.4 is 10.9 Å². The van der Waals surface area contributed by atoms with E-state index in [0.717, 1.165) is 33.4 Å². The SMILES string of the molecule is Cc1[nH]c2ccccc2c1C1c2ccccc2C(=O)N1CCC(=O)NNc1ccccc1. The topological polar surface area (TPSA) is 77.2 Å². The third kappa shape index (κ3) is 3.50. The largest absolute Gasteiger partial charge is 0.358 e. The summed E-state index contributed by atoms with van der Waals surface area (Å²) in [7, 11) is 0. The van der Waals surface area contributed by atoms with E-state index in [1.54, 1.807) is 0 Å². The molecule has 3 aromatic carbocycles. The number of carbonyl (C=O) groups is 2. The maximum atomic E-state index is 13.3. The van der Waals surface area contributed by atoms with Crippen LogP contribution in [0.1, 0.15) is 39.6 Å². The molecule has 1 unspecified atom stereocenters. The number of aromatic amines is 1. The predicted octanol–water partition coefficient (Wildman–Crippen LogP) is 4.55. The molecule has 6 nitrogen and oxygen atoms in total. The van der Waals surface area contributed by atoms with Gasteiger partial charge in [-0.3, -0.25) is 20.4 Å². The number of aryl methyl sites for hydroxylation is 1. The number of H-pyrrole nitrogens is 1. The Morgan fingerprint density at radius 2 is 1.69 bits per heavy atom. The molecule has 6 heteroatoms. The first-order valence-corrected chi connectivity index (χ1v) is 10.7. The van der Waals surface area contributed by atoms with E-state index in [0.29, 0.717) is 12.1 Å². The molecule has 0 bridgehead atoms. The van der Waals surface area contributed by atoms with Crippen molar-refractivity contribution in [1.29, 1.82) is 0 Å². The Kier molecular flexibility index (Phi) is 5.11. The molecule has 3 N–H and O–H groups in total. The smallest absolute Gasteiger partial charge is 0.255 e. The number of carbonyl (C=O) groups excluding carboxylic acids is 2. The van der Waals surface area contributed by atoms with Gasteiger partial charge in [-0.15, -0.1) is 0 Å². The Hall–Kier alpha value is -4.06. The summed E-state index contributed by atoms with van der Waals surface area (Å²) in [5, 5.41) is 1.10. The quantitative estimate of drug-likeness (QED) is 0.397. The van der Waals surface area contributed by atoms with Gasteiger partial charge in [0.2, 0.25) is 5.91 Å². The van der Waals surface area contributed by atoms with Crippen LogP contribution >= 0.6 is 0 Å². The summed E-state index contributed by atoms with van der Waals surface area (Å²) in [5.74, 6) is -0.217. The van der Waals surface area contributed by atoms with Crippen molar-refractivity contribution in [1.82, 2.24) is 15.3 Å². The third-order valence-electron chi connectivity index (χ3n) is 5.97. The lowest BCUT2D eigenvalue weighted by Gasteiger charge is -2.26. The Bertz CT molecular complexity index is 1300. The standard InChI is InChI=1S/C26H24N4O2/c1-17-24(21-13-7-8-14-22(21)27-17)25-19-11-5-6-12-20(19)26(32)30(25)16-15-23(31)29-28-18-9-3-2-4-10-18/h2-14,25,27-28H,15-16H2,1H3,(H,29,31). The third-order valence-corrected chi connectivity index (χ3v) is 5.97. The lowest BCUT2D eigenvalue weighted by Crippen LogP contribution is -2.35. The van der Waals surface area contributed by atoms with Crippen molar-refractivity contribution in [3.63, 3.8) is 0 Å². The highest BCUT2D eigenvalue weighted by Crippen LogP contribution is 2.42. The van der Waals surface area contributed by atoms with E-state index in [9.17, 15) is 9.59 Å². The van der Waals surface area contributed by atoms with Crippen LogP contribution in [0.25, 0.3) is 10.9 Å². The minimum Gasteiger partial charge on any atom is -0.358 e. The first kappa shape index (κ1) is 19.9. The van der Waals surface area contributed by atoms with Crippen LogP contribution in [0, 0.1) is 6.92 Å². The number of hydrogen-bond donors (Lipinski definition) is 3. The predicted molar refractivity (Wildman–Crippen MR) is 125 cm³/mol. The number of para-hydroxylation sites is 2. The van der Waals surface area contributed by atoms with Crippen molar-refractivity contribution in [2.24, 2.45) is 0 Å². The van der Waals surface area contributed by atoms with Gasteiger partial charge < -0.3 is 9.88 Å². The lowest BCUT2D eigenvalue weighted by atomic mass is 9.95. The van der Waals surface area contributed by atoms with Gasteiger partial charge in [-0.2, -0.15) is 0 Å². The zero-order chi connectivity index (χ0) is 22.1. The van der Waals surface area contributed by atoms with Crippen molar-refractivity contribution in [3.8, 4) is 0 Å². The molecule has 0 saturated carbocycles. The molecule has 0 aliphatic carbocycles. The lowest BCUT2D eigenvalue weighted by molar-refractivity contribution is -0.120. The Labute approximate surface area is 186 Å². The first-order valence-electron chi connectivity index (χ1n) is 10.7. The van der Waals surface area contributed by atoms with E-state index in [1.165, 1.54) is 0 Å². The van der Waals surface area contributed by atoms with E-state index in [-0.39, 0.29) is 24.3 Å². The van der Waals surface area contributed by atoms with Crippen molar-refractivity contribution in [2.75, 3.05) is 12.0 Å². The summed E-state index contributed by atoms with van der Waals surface area (Å²) >= 11 is 0. The molecule has 2 heterocycles. The second kappa shape index (κ2) is 8.23. The number of hydrogen-bond acceptors (Lipinski definition) is 3. The molecular formula is C26H24N4O2. The number of nitrogens with zero attached hydrogens (tertiary/aromatic N) is 1. The number of nitrogens with one attached hydrogen (secondary N) is 3. The van der Waals surface area contributed by atoms with Gasteiger partial charge in [0.15, 0.2) is 0 Å². The molecule has 1 aliphatic rings. The monoisotopic (exact) mass is 424 g/mol. The summed E-state index contributed by atoms with van der Waals surface area (Å²) < 4.78 is 0. The van der Waals surface area contributed by atoms with Crippen LogP contribution in [-0.2, 0) is 4.79 Å². The van der Waals surface area contributed by atoms with Crippen molar-refractivity contribution in [2.45, 2.75) is 19.4 Å². The van der Waals surface area contributed by atoms with Gasteiger partial charge in [-0.1, -0.05) is 54.6 Å². The maximum Gasteiger partial charge on any atom is 0.255 e. The Morgan fingerprint density at radius 1 is 0.969 bits per heavy atom. The van der Waals surface area contributed by atoms with Crippen LogP contribution in [-0.4, -0.2) is 28.2 Å². The van der Waals surface area contributed by atoms with Crippen LogP contribution in [0.3, 0.4) is 0 Å². The molecule has 1 aliphatic heterocycles. The minimum atomic E-state index is -0.232. The molecule has 0 radical (unpaired) electrons. The first-order chi connectivity index (χ1) is 15.6. The Morgan fingerprint density at radius 3 is 2.53 bits per heavy atom. The fraction of sp³-hybridized carbons (Fsp3) is 0.154. The molecule has 1 aromatic heterocycles. The fourth-order valence-electron chi connectivity index (χ4n) is 4.51. The highest BCUT2D eigenvalue weighted by atomic mass is 16.2. The highest BCUT2D eigenvalue weighted by Gasteiger charge is 2.39. The number of fused-ring (bicyclic) bond motifs is 2. The van der Waals surface area contributed by atoms with Crippen LogP contribution in [0.4, 0.5) is 5.69 Å². The average molecular weight is 425 g/mol. The van der Waals surface area contributed by atoms with Gasteiger partial charge in [0.05, 0.1) is 11.7 Å². The van der Waals surface area contributed by atoms with Gasteiger partial charge >= 0.3 is 0 Å². The van der Waals surface area contributed by atoms with Gasteiger partial charge in [-0.05, 0) is 36.8 Å². The molecule has 0 spiro atoms. The summed E-state index contributed by atoms with van der Waals surface area (Å²) in [4.78, 5) is 31.1. The van der Waals surface area contributed by atoms with Crippen LogP contribution in [0.5, 0.6) is 0 Å². The summed E-state index contributed by atoms with van der Waals surface area (Å²) in [6.45, 7) is 2.36. The number of rotatable bonds is 6. The summed E-state index contributed by atoms with van der Waals surface area (Å²) in [6.07, 6.45) is 0.192. The molecule has 1 atom stereocenters. The number of anilines is 1. The number of aromatic nitrogens is 1. The molecule has 2 amide bonds. The van der Waals surface area contributed by atoms with E-state index < -0.39 is 0 Å².